The van der Waals surface area contributed by atoms with Gasteiger partial charge >= 0.3 is 5.97 Å². The van der Waals surface area contributed by atoms with Gasteiger partial charge < -0.3 is 34.5 Å². The zero-order chi connectivity index (χ0) is 29.0. The number of nitrogens with zero attached hydrogens (tertiary/aromatic N) is 4. The lowest BCUT2D eigenvalue weighted by atomic mass is 9.86. The summed E-state index contributed by atoms with van der Waals surface area (Å²) in [7, 11) is 6.56. The van der Waals surface area contributed by atoms with E-state index in [2.05, 4.69) is 23.8 Å². The van der Waals surface area contributed by atoms with Gasteiger partial charge in [-0.1, -0.05) is 27.7 Å². The summed E-state index contributed by atoms with van der Waals surface area (Å²) >= 11 is 2.60. The Morgan fingerprint density at radius 1 is 0.895 bits per heavy atom. The molecular weight excluding hydrogens is 526 g/mol. The summed E-state index contributed by atoms with van der Waals surface area (Å²) in [6.07, 6.45) is 1.01. The predicted molar refractivity (Wildman–Crippen MR) is 153 cm³/mol. The number of aromatic carboxylic acids is 1. The minimum absolute atomic E-state index is 0.0348. The SMILES string of the molecule is CC(C)C(C[C@H](O)c1nc(C(=O)O)cs1)N(C)[B]C=O.Cc1csc([C@H](O)C[C@@H](C(C)C)N(C)[B]C=O)n1. The zero-order valence-corrected chi connectivity index (χ0v) is 24.6. The Labute approximate surface area is 234 Å². The molecule has 0 aliphatic rings. The number of rotatable bonds is 15. The van der Waals surface area contributed by atoms with E-state index in [0.29, 0.717) is 30.0 Å². The van der Waals surface area contributed by atoms with Crippen molar-refractivity contribution in [1.82, 2.24) is 19.6 Å². The van der Waals surface area contributed by atoms with Crippen LogP contribution in [0.1, 0.15) is 78.9 Å². The Hall–Kier alpha value is -1.96. The number of aromatic nitrogens is 2. The molecule has 3 N–H and O–H groups in total. The minimum Gasteiger partial charge on any atom is -0.476 e. The van der Waals surface area contributed by atoms with Crippen molar-refractivity contribution >= 4 is 55.8 Å². The summed E-state index contributed by atoms with van der Waals surface area (Å²) < 4.78 is 0. The van der Waals surface area contributed by atoms with Gasteiger partial charge in [0.2, 0.25) is 0 Å². The Morgan fingerprint density at radius 2 is 1.32 bits per heavy atom. The maximum atomic E-state index is 10.8. The molecule has 4 atom stereocenters. The fourth-order valence-electron chi connectivity index (χ4n) is 3.95. The Kier molecular flexibility index (Phi) is 15.1. The molecule has 208 valence electrons. The molecule has 1 unspecified atom stereocenters. The molecule has 0 bridgehead atoms. The van der Waals surface area contributed by atoms with E-state index in [1.165, 1.54) is 31.5 Å². The highest BCUT2D eigenvalue weighted by Crippen LogP contribution is 2.27. The van der Waals surface area contributed by atoms with Crippen LogP contribution in [-0.2, 0) is 9.59 Å². The van der Waals surface area contributed by atoms with Crippen molar-refractivity contribution < 1.29 is 29.7 Å². The van der Waals surface area contributed by atoms with E-state index < -0.39 is 18.2 Å². The number of aryl methyl sites for hydroxylation is 1. The zero-order valence-electron chi connectivity index (χ0n) is 23.0. The van der Waals surface area contributed by atoms with Gasteiger partial charge in [0.05, 0.1) is 12.4 Å². The third-order valence-corrected chi connectivity index (χ3v) is 8.06. The van der Waals surface area contributed by atoms with Gasteiger partial charge in [0.1, 0.15) is 22.2 Å². The molecule has 2 heterocycles. The largest absolute Gasteiger partial charge is 0.476 e. The first-order valence-corrected chi connectivity index (χ1v) is 14.1. The molecule has 2 radical (unpaired) electrons. The van der Waals surface area contributed by atoms with E-state index in [4.69, 9.17) is 5.11 Å². The number of carbonyl (C=O) groups is 3. The minimum atomic E-state index is -1.11. The third kappa shape index (κ3) is 11.0. The quantitative estimate of drug-likeness (QED) is 0.218. The standard InChI is InChI=1S/C12H18BN2O4S.C12H20BN2O2S/c1-7(2)9(15(3)13-6-16)4-10(17)11-14-8(5-20-11)12(18)19;1-8(2)10(15(4)13-7-16)5-11(17)12-14-9(3)6-18-12/h5-7,9-10,17H,4H2,1-3H3,(H,18,19);6-8,10-11,17H,5H2,1-4H3/t9?,10-;10-,11+/m00/s1. The van der Waals surface area contributed by atoms with Crippen LogP contribution in [0.4, 0.5) is 0 Å². The van der Waals surface area contributed by atoms with E-state index in [1.807, 2.05) is 38.0 Å². The maximum Gasteiger partial charge on any atom is 0.355 e. The molecule has 0 saturated carbocycles. The number of thiazole rings is 2. The predicted octanol–water partition coefficient (Wildman–Crippen LogP) is 2.67. The van der Waals surface area contributed by atoms with Crippen LogP contribution in [0.3, 0.4) is 0 Å². The monoisotopic (exact) mass is 564 g/mol. The van der Waals surface area contributed by atoms with Crippen molar-refractivity contribution in [2.24, 2.45) is 11.8 Å². The molecule has 10 nitrogen and oxygen atoms in total. The average molecular weight is 564 g/mol. The topological polar surface area (TPSA) is 144 Å². The number of carboxylic acids is 1. The number of hydrogen-bond acceptors (Lipinski definition) is 11. The van der Waals surface area contributed by atoms with Crippen molar-refractivity contribution in [3.63, 3.8) is 0 Å². The van der Waals surface area contributed by atoms with Crippen LogP contribution >= 0.6 is 22.7 Å². The van der Waals surface area contributed by atoms with Gasteiger partial charge in [0.15, 0.2) is 5.69 Å². The van der Waals surface area contributed by atoms with Gasteiger partial charge in [-0.25, -0.2) is 14.8 Å². The van der Waals surface area contributed by atoms with Crippen molar-refractivity contribution in [2.75, 3.05) is 14.1 Å². The van der Waals surface area contributed by atoms with Crippen molar-refractivity contribution in [3.05, 3.63) is 32.2 Å². The van der Waals surface area contributed by atoms with Crippen LogP contribution in [0, 0.1) is 18.8 Å². The second kappa shape index (κ2) is 16.9. The molecule has 0 saturated heterocycles. The lowest BCUT2D eigenvalue weighted by Crippen LogP contribution is -2.40. The molecule has 0 aromatic carbocycles. The molecule has 2 aromatic heterocycles. The van der Waals surface area contributed by atoms with E-state index in [1.54, 1.807) is 11.9 Å². The molecule has 2 aromatic rings. The van der Waals surface area contributed by atoms with Crippen molar-refractivity contribution in [3.8, 4) is 0 Å². The number of hydrogen-bond donors (Lipinski definition) is 3. The highest BCUT2D eigenvalue weighted by Gasteiger charge is 2.26. The van der Waals surface area contributed by atoms with Crippen LogP contribution in [0.15, 0.2) is 10.8 Å². The lowest BCUT2D eigenvalue weighted by Gasteiger charge is -2.31. The third-order valence-electron chi connectivity index (χ3n) is 6.05. The van der Waals surface area contributed by atoms with Crippen LogP contribution in [0.25, 0.3) is 0 Å². The van der Waals surface area contributed by atoms with E-state index >= 15 is 0 Å². The van der Waals surface area contributed by atoms with E-state index in [-0.39, 0.29) is 23.7 Å². The summed E-state index contributed by atoms with van der Waals surface area (Å²) in [6, 6.07) is 0.0850. The van der Waals surface area contributed by atoms with Gasteiger partial charge in [-0.15, -0.1) is 22.7 Å². The van der Waals surface area contributed by atoms with Gasteiger partial charge in [-0.2, -0.15) is 0 Å². The van der Waals surface area contributed by atoms with Gasteiger partial charge in [-0.3, -0.25) is 0 Å². The Morgan fingerprint density at radius 3 is 1.63 bits per heavy atom. The smallest absolute Gasteiger partial charge is 0.355 e. The second-order valence-corrected chi connectivity index (χ2v) is 11.5. The normalized spacial score (nSPS) is 14.6. The first kappa shape index (κ1) is 34.1. The summed E-state index contributed by atoms with van der Waals surface area (Å²) in [6.45, 7) is 10.1. The van der Waals surface area contributed by atoms with Gasteiger partial charge in [-0.05, 0) is 45.7 Å². The molecule has 0 spiro atoms. The molecule has 0 aliphatic carbocycles. The van der Waals surface area contributed by atoms with E-state index in [9.17, 15) is 24.6 Å². The fraction of sp³-hybridized carbons (Fsp3) is 0.625. The van der Waals surface area contributed by atoms with Crippen LogP contribution < -0.4 is 0 Å². The molecule has 0 aliphatic heterocycles. The van der Waals surface area contributed by atoms with Crippen LogP contribution in [0.5, 0.6) is 0 Å². The van der Waals surface area contributed by atoms with Crippen molar-refractivity contribution in [1.29, 1.82) is 0 Å². The fourth-order valence-corrected chi connectivity index (χ4v) is 5.54. The van der Waals surface area contributed by atoms with Crippen LogP contribution in [-0.4, -0.2) is 94.3 Å². The summed E-state index contributed by atoms with van der Waals surface area (Å²) in [5, 5.41) is 33.7. The number of carbonyl (C=O) groups excluding carboxylic acids is 2. The summed E-state index contributed by atoms with van der Waals surface area (Å²) in [5.41, 5.74) is 0.876. The van der Waals surface area contributed by atoms with Gasteiger partial charge in [0.25, 0.3) is 14.8 Å². The first-order valence-electron chi connectivity index (χ1n) is 12.3. The highest BCUT2D eigenvalue weighted by atomic mass is 32.1. The number of aliphatic hydroxyl groups is 2. The maximum absolute atomic E-state index is 10.8. The van der Waals surface area contributed by atoms with E-state index in [0.717, 1.165) is 28.2 Å². The second-order valence-electron chi connectivity index (χ2n) is 9.73. The first-order chi connectivity index (χ1) is 17.8. The molecule has 0 amide bonds. The average Bonchev–Trinajstić information content (AvgIpc) is 3.50. The highest BCUT2D eigenvalue weighted by molar-refractivity contribution is 7.10. The molecule has 14 heteroatoms. The molecular formula is C24H38B2N4O6S2. The number of carboxylic acid groups (broad SMARTS) is 1. The van der Waals surface area contributed by atoms with Crippen molar-refractivity contribution in [2.45, 2.75) is 71.8 Å². The number of aliphatic hydroxyl groups excluding tert-OH is 2. The molecule has 2 rings (SSSR count). The molecule has 38 heavy (non-hydrogen) atoms. The lowest BCUT2D eigenvalue weighted by molar-refractivity contribution is 0.0690. The summed E-state index contributed by atoms with van der Waals surface area (Å²) in [4.78, 5) is 43.7. The van der Waals surface area contributed by atoms with Crippen LogP contribution in [0.2, 0.25) is 0 Å². The summed E-state index contributed by atoms with van der Waals surface area (Å²) in [5.74, 6) is -0.529. The molecule has 0 fully saturated rings. The Balaban J connectivity index is 0.000000382. The van der Waals surface area contributed by atoms with Gasteiger partial charge in [0, 0.05) is 28.5 Å². The Bertz CT molecular complexity index is 1010.